The van der Waals surface area contributed by atoms with Crippen molar-refractivity contribution in [3.8, 4) is 0 Å². The molecule has 1 aromatic carbocycles. The highest BCUT2D eigenvalue weighted by atomic mass is 16.5. The van der Waals surface area contributed by atoms with Crippen LogP contribution in [0.2, 0.25) is 0 Å². The molecule has 0 aliphatic carbocycles. The van der Waals surface area contributed by atoms with E-state index in [1.165, 1.54) is 11.1 Å². The van der Waals surface area contributed by atoms with Gasteiger partial charge in [0.05, 0.1) is 6.54 Å². The molecule has 0 aliphatic heterocycles. The van der Waals surface area contributed by atoms with Gasteiger partial charge in [-0.25, -0.2) is 0 Å². The van der Waals surface area contributed by atoms with E-state index >= 15 is 0 Å². The molecule has 0 radical (unpaired) electrons. The lowest BCUT2D eigenvalue weighted by Gasteiger charge is -2.13. The molecule has 0 amide bonds. The molecular formula is C13H17N3O. The molecule has 0 fully saturated rings. The van der Waals surface area contributed by atoms with E-state index in [0.717, 1.165) is 0 Å². The van der Waals surface area contributed by atoms with Gasteiger partial charge >= 0.3 is 0 Å². The van der Waals surface area contributed by atoms with Gasteiger partial charge < -0.3 is 9.84 Å². The molecule has 0 saturated heterocycles. The molecule has 0 spiro atoms. The van der Waals surface area contributed by atoms with Gasteiger partial charge in [-0.15, -0.1) is 0 Å². The molecule has 1 heterocycles. The number of benzene rings is 1. The summed E-state index contributed by atoms with van der Waals surface area (Å²) in [6.45, 7) is 6.63. The summed E-state index contributed by atoms with van der Waals surface area (Å²) >= 11 is 0. The molecule has 4 nitrogen and oxygen atoms in total. The molecule has 4 heteroatoms. The van der Waals surface area contributed by atoms with Crippen molar-refractivity contribution < 1.29 is 4.52 Å². The maximum absolute atomic E-state index is 5.05. The highest BCUT2D eigenvalue weighted by Gasteiger charge is 2.07. The Kier molecular flexibility index (Phi) is 3.54. The van der Waals surface area contributed by atoms with E-state index in [1.807, 2.05) is 6.92 Å². The smallest absolute Gasteiger partial charge is 0.240 e. The molecular weight excluding hydrogens is 214 g/mol. The topological polar surface area (TPSA) is 51.0 Å². The van der Waals surface area contributed by atoms with Crippen molar-refractivity contribution in [3.05, 3.63) is 47.1 Å². The van der Waals surface area contributed by atoms with Crippen molar-refractivity contribution in [2.45, 2.75) is 33.4 Å². The lowest BCUT2D eigenvalue weighted by Crippen LogP contribution is -2.18. The largest absolute Gasteiger partial charge is 0.338 e. The normalized spacial score (nSPS) is 12.6. The molecule has 90 valence electrons. The van der Waals surface area contributed by atoms with Crippen LogP contribution in [0.1, 0.15) is 35.8 Å². The third-order valence-electron chi connectivity index (χ3n) is 2.67. The standard InChI is InChI=1S/C13H17N3O/c1-9-5-4-6-12(7-9)10(2)14-8-13-15-11(3)16-17-13/h4-7,10,14H,8H2,1-3H3. The molecule has 2 aromatic rings. The molecule has 1 atom stereocenters. The van der Waals surface area contributed by atoms with Gasteiger partial charge in [0, 0.05) is 6.04 Å². The minimum absolute atomic E-state index is 0.266. The summed E-state index contributed by atoms with van der Waals surface area (Å²) in [6.07, 6.45) is 0. The number of aryl methyl sites for hydroxylation is 2. The van der Waals surface area contributed by atoms with Crippen LogP contribution in [0.3, 0.4) is 0 Å². The Morgan fingerprint density at radius 1 is 1.35 bits per heavy atom. The van der Waals surface area contributed by atoms with E-state index in [4.69, 9.17) is 4.52 Å². The van der Waals surface area contributed by atoms with Crippen LogP contribution < -0.4 is 5.32 Å². The van der Waals surface area contributed by atoms with Gasteiger partial charge in [-0.3, -0.25) is 0 Å². The van der Waals surface area contributed by atoms with Crippen LogP contribution in [0.15, 0.2) is 28.8 Å². The number of nitrogens with zero attached hydrogens (tertiary/aromatic N) is 2. The van der Waals surface area contributed by atoms with Gasteiger partial charge in [0.25, 0.3) is 0 Å². The minimum Gasteiger partial charge on any atom is -0.338 e. The van der Waals surface area contributed by atoms with Crippen molar-refractivity contribution in [2.24, 2.45) is 0 Å². The van der Waals surface area contributed by atoms with E-state index < -0.39 is 0 Å². The Morgan fingerprint density at radius 2 is 2.18 bits per heavy atom. The zero-order valence-corrected chi connectivity index (χ0v) is 10.4. The quantitative estimate of drug-likeness (QED) is 0.878. The molecule has 1 unspecified atom stereocenters. The van der Waals surface area contributed by atoms with Crippen LogP contribution in [0, 0.1) is 13.8 Å². The average Bonchev–Trinajstić information content (AvgIpc) is 2.72. The SMILES string of the molecule is Cc1cccc(C(C)NCc2nc(C)no2)c1. The molecule has 1 N–H and O–H groups in total. The lowest BCUT2D eigenvalue weighted by molar-refractivity contribution is 0.357. The van der Waals surface area contributed by atoms with Gasteiger partial charge in [0.2, 0.25) is 5.89 Å². The van der Waals surface area contributed by atoms with Gasteiger partial charge in [-0.05, 0) is 26.3 Å². The molecule has 0 aliphatic rings. The van der Waals surface area contributed by atoms with E-state index in [9.17, 15) is 0 Å². The fourth-order valence-electron chi connectivity index (χ4n) is 1.71. The first-order chi connectivity index (χ1) is 8.15. The van der Waals surface area contributed by atoms with E-state index in [-0.39, 0.29) is 6.04 Å². The van der Waals surface area contributed by atoms with Gasteiger partial charge in [0.15, 0.2) is 5.82 Å². The predicted molar refractivity (Wildman–Crippen MR) is 65.5 cm³/mol. The van der Waals surface area contributed by atoms with Crippen LogP contribution in [0.5, 0.6) is 0 Å². The first kappa shape index (κ1) is 11.8. The average molecular weight is 231 g/mol. The van der Waals surface area contributed by atoms with E-state index in [2.05, 4.69) is 53.6 Å². The minimum atomic E-state index is 0.266. The fourth-order valence-corrected chi connectivity index (χ4v) is 1.71. The van der Waals surface area contributed by atoms with Crippen LogP contribution in [-0.4, -0.2) is 10.1 Å². The second-order valence-electron chi connectivity index (χ2n) is 4.25. The van der Waals surface area contributed by atoms with Crippen LogP contribution >= 0.6 is 0 Å². The Balaban J connectivity index is 1.95. The van der Waals surface area contributed by atoms with Crippen molar-refractivity contribution in [1.82, 2.24) is 15.5 Å². The number of hydrogen-bond donors (Lipinski definition) is 1. The zero-order chi connectivity index (χ0) is 12.3. The highest BCUT2D eigenvalue weighted by molar-refractivity contribution is 5.24. The zero-order valence-electron chi connectivity index (χ0n) is 10.4. The van der Waals surface area contributed by atoms with E-state index in [1.54, 1.807) is 0 Å². The third-order valence-corrected chi connectivity index (χ3v) is 2.67. The Morgan fingerprint density at radius 3 is 2.82 bits per heavy atom. The Bertz CT molecular complexity index is 493. The summed E-state index contributed by atoms with van der Waals surface area (Å²) in [7, 11) is 0. The molecule has 1 aromatic heterocycles. The second-order valence-corrected chi connectivity index (χ2v) is 4.25. The first-order valence-electron chi connectivity index (χ1n) is 5.74. The number of rotatable bonds is 4. The maximum atomic E-state index is 5.05. The van der Waals surface area contributed by atoms with E-state index in [0.29, 0.717) is 18.3 Å². The first-order valence-corrected chi connectivity index (χ1v) is 5.74. The summed E-state index contributed by atoms with van der Waals surface area (Å²) in [5.74, 6) is 1.30. The number of aromatic nitrogens is 2. The summed E-state index contributed by atoms with van der Waals surface area (Å²) in [5.41, 5.74) is 2.53. The van der Waals surface area contributed by atoms with Crippen molar-refractivity contribution >= 4 is 0 Å². The highest BCUT2D eigenvalue weighted by Crippen LogP contribution is 2.14. The molecule has 17 heavy (non-hydrogen) atoms. The summed E-state index contributed by atoms with van der Waals surface area (Å²) in [5, 5.41) is 7.11. The lowest BCUT2D eigenvalue weighted by atomic mass is 10.1. The third kappa shape index (κ3) is 3.14. The van der Waals surface area contributed by atoms with Gasteiger partial charge in [0.1, 0.15) is 0 Å². The molecule has 2 rings (SSSR count). The van der Waals surface area contributed by atoms with Gasteiger partial charge in [-0.2, -0.15) is 4.98 Å². The van der Waals surface area contributed by atoms with Crippen LogP contribution in [-0.2, 0) is 6.54 Å². The fraction of sp³-hybridized carbons (Fsp3) is 0.385. The second kappa shape index (κ2) is 5.10. The number of hydrogen-bond acceptors (Lipinski definition) is 4. The Hall–Kier alpha value is -1.68. The molecule has 0 saturated carbocycles. The van der Waals surface area contributed by atoms with Crippen molar-refractivity contribution in [3.63, 3.8) is 0 Å². The summed E-state index contributed by atoms with van der Waals surface area (Å²) < 4.78 is 5.05. The maximum Gasteiger partial charge on any atom is 0.240 e. The van der Waals surface area contributed by atoms with Crippen molar-refractivity contribution in [2.75, 3.05) is 0 Å². The monoisotopic (exact) mass is 231 g/mol. The molecule has 0 bridgehead atoms. The van der Waals surface area contributed by atoms with Gasteiger partial charge in [-0.1, -0.05) is 35.0 Å². The van der Waals surface area contributed by atoms with Crippen LogP contribution in [0.25, 0.3) is 0 Å². The number of nitrogens with one attached hydrogen (secondary N) is 1. The summed E-state index contributed by atoms with van der Waals surface area (Å²) in [6, 6.07) is 8.72. The Labute approximate surface area is 101 Å². The van der Waals surface area contributed by atoms with Crippen molar-refractivity contribution in [1.29, 1.82) is 0 Å². The summed E-state index contributed by atoms with van der Waals surface area (Å²) in [4.78, 5) is 4.15. The van der Waals surface area contributed by atoms with Crippen LogP contribution in [0.4, 0.5) is 0 Å². The predicted octanol–water partition coefficient (Wildman–Crippen LogP) is 2.54.